The number of ketones is 1. The van der Waals surface area contributed by atoms with Crippen LogP contribution in [0.5, 0.6) is 5.75 Å². The molecular weight excluding hydrogens is 280 g/mol. The van der Waals surface area contributed by atoms with E-state index in [0.29, 0.717) is 17.0 Å². The minimum Gasteiger partial charge on any atom is -0.497 e. The van der Waals surface area contributed by atoms with Gasteiger partial charge in [-0.1, -0.05) is 0 Å². The zero-order valence-corrected chi connectivity index (χ0v) is 12.8. The monoisotopic (exact) mass is 298 g/mol. The Hall–Kier alpha value is -2.69. The predicted octanol–water partition coefficient (Wildman–Crippen LogP) is 2.71. The zero-order chi connectivity index (χ0) is 16.1. The van der Waals surface area contributed by atoms with Gasteiger partial charge in [-0.3, -0.25) is 14.6 Å². The lowest BCUT2D eigenvalue weighted by Gasteiger charge is -2.25. The van der Waals surface area contributed by atoms with Crippen molar-refractivity contribution in [1.82, 2.24) is 4.98 Å². The lowest BCUT2D eigenvalue weighted by Crippen LogP contribution is -2.41. The molecule has 5 nitrogen and oxygen atoms in total. The molecule has 114 valence electrons. The summed E-state index contributed by atoms with van der Waals surface area (Å²) in [5.41, 5.74) is 0.935. The van der Waals surface area contributed by atoms with Crippen molar-refractivity contribution >= 4 is 17.4 Å². The number of methoxy groups -OCH3 is 1. The molecular formula is C17H18N2O3. The van der Waals surface area contributed by atoms with Gasteiger partial charge < -0.3 is 9.64 Å². The van der Waals surface area contributed by atoms with Crippen LogP contribution in [0.25, 0.3) is 0 Å². The Balaban J connectivity index is 2.28. The quantitative estimate of drug-likeness (QED) is 0.629. The van der Waals surface area contributed by atoms with E-state index in [1.54, 1.807) is 55.9 Å². The number of amides is 1. The number of anilines is 1. The molecule has 0 aliphatic heterocycles. The van der Waals surface area contributed by atoms with Crippen molar-refractivity contribution in [3.05, 3.63) is 54.4 Å². The maximum atomic E-state index is 12.6. The molecule has 5 heteroatoms. The largest absolute Gasteiger partial charge is 0.497 e. The van der Waals surface area contributed by atoms with Crippen LogP contribution in [0.3, 0.4) is 0 Å². The average Bonchev–Trinajstić information content (AvgIpc) is 2.55. The van der Waals surface area contributed by atoms with E-state index < -0.39 is 11.7 Å². The van der Waals surface area contributed by atoms with E-state index in [2.05, 4.69) is 4.98 Å². The molecule has 1 heterocycles. The maximum Gasteiger partial charge on any atom is 0.299 e. The number of Topliss-reactive ketones (excluding diaryl/α,β-unsaturated/α-hetero) is 1. The van der Waals surface area contributed by atoms with E-state index in [1.165, 1.54) is 4.90 Å². The summed E-state index contributed by atoms with van der Waals surface area (Å²) in [6, 6.07) is 9.82. The summed E-state index contributed by atoms with van der Waals surface area (Å²) in [6.07, 6.45) is 3.19. The van der Waals surface area contributed by atoms with Gasteiger partial charge in [0, 0.05) is 17.8 Å². The highest BCUT2D eigenvalue weighted by atomic mass is 16.5. The number of aromatic nitrogens is 1. The molecule has 2 rings (SSSR count). The van der Waals surface area contributed by atoms with Gasteiger partial charge in [-0.05, 0) is 50.2 Å². The van der Waals surface area contributed by atoms with Crippen molar-refractivity contribution in [2.24, 2.45) is 0 Å². The first-order valence-corrected chi connectivity index (χ1v) is 6.96. The number of carbonyl (C=O) groups excluding carboxylic acids is 2. The van der Waals surface area contributed by atoms with Gasteiger partial charge in [0.25, 0.3) is 11.7 Å². The SMILES string of the molecule is COc1ccc(C(=O)C(=O)N(c2cccnc2)C(C)C)cc1. The van der Waals surface area contributed by atoms with Crippen LogP contribution in [0.1, 0.15) is 24.2 Å². The highest BCUT2D eigenvalue weighted by molar-refractivity contribution is 6.47. The van der Waals surface area contributed by atoms with Crippen molar-refractivity contribution in [2.75, 3.05) is 12.0 Å². The first-order valence-electron chi connectivity index (χ1n) is 6.96. The molecule has 0 spiro atoms. The number of benzene rings is 1. The second-order valence-electron chi connectivity index (χ2n) is 5.04. The molecule has 0 aliphatic carbocycles. The minimum atomic E-state index is -0.576. The van der Waals surface area contributed by atoms with Gasteiger partial charge in [0.15, 0.2) is 0 Å². The van der Waals surface area contributed by atoms with E-state index in [1.807, 2.05) is 13.8 Å². The van der Waals surface area contributed by atoms with Gasteiger partial charge >= 0.3 is 0 Å². The number of rotatable bonds is 5. The van der Waals surface area contributed by atoms with Gasteiger partial charge in [-0.25, -0.2) is 0 Å². The average molecular weight is 298 g/mol. The second kappa shape index (κ2) is 6.85. The Morgan fingerprint density at radius 3 is 2.32 bits per heavy atom. The lowest BCUT2D eigenvalue weighted by molar-refractivity contribution is -0.115. The normalized spacial score (nSPS) is 10.4. The first-order chi connectivity index (χ1) is 10.5. The molecule has 1 amide bonds. The Bertz CT molecular complexity index is 651. The second-order valence-corrected chi connectivity index (χ2v) is 5.04. The molecule has 22 heavy (non-hydrogen) atoms. The van der Waals surface area contributed by atoms with Crippen LogP contribution in [-0.2, 0) is 4.79 Å². The Kier molecular flexibility index (Phi) is 4.88. The van der Waals surface area contributed by atoms with Crippen LogP contribution in [0, 0.1) is 0 Å². The van der Waals surface area contributed by atoms with Gasteiger partial charge in [0.05, 0.1) is 19.0 Å². The molecule has 2 aromatic rings. The molecule has 0 saturated carbocycles. The van der Waals surface area contributed by atoms with E-state index in [4.69, 9.17) is 4.74 Å². The fourth-order valence-corrected chi connectivity index (χ4v) is 2.12. The fraction of sp³-hybridized carbons (Fsp3) is 0.235. The number of pyridine rings is 1. The van der Waals surface area contributed by atoms with Gasteiger partial charge in [-0.15, -0.1) is 0 Å². The molecule has 0 radical (unpaired) electrons. The fourth-order valence-electron chi connectivity index (χ4n) is 2.12. The van der Waals surface area contributed by atoms with E-state index in [9.17, 15) is 9.59 Å². The lowest BCUT2D eigenvalue weighted by atomic mass is 10.1. The summed E-state index contributed by atoms with van der Waals surface area (Å²) in [4.78, 5) is 30.4. The Morgan fingerprint density at radius 1 is 1.14 bits per heavy atom. The molecule has 1 aromatic heterocycles. The maximum absolute atomic E-state index is 12.6. The van der Waals surface area contributed by atoms with Gasteiger partial charge in [-0.2, -0.15) is 0 Å². The summed E-state index contributed by atoms with van der Waals surface area (Å²) in [5.74, 6) is -0.495. The van der Waals surface area contributed by atoms with E-state index in [0.717, 1.165) is 0 Å². The van der Waals surface area contributed by atoms with Crippen molar-refractivity contribution in [3.63, 3.8) is 0 Å². The van der Waals surface area contributed by atoms with Crippen LogP contribution in [-0.4, -0.2) is 29.8 Å². The van der Waals surface area contributed by atoms with Crippen molar-refractivity contribution < 1.29 is 14.3 Å². The number of ether oxygens (including phenoxy) is 1. The summed E-state index contributed by atoms with van der Waals surface area (Å²) in [7, 11) is 1.55. The molecule has 1 aromatic carbocycles. The van der Waals surface area contributed by atoms with Crippen LogP contribution in [0.15, 0.2) is 48.8 Å². The van der Waals surface area contributed by atoms with Gasteiger partial charge in [0.1, 0.15) is 5.75 Å². The number of hydrogen-bond acceptors (Lipinski definition) is 4. The van der Waals surface area contributed by atoms with Crippen LogP contribution in [0.4, 0.5) is 5.69 Å². The highest BCUT2D eigenvalue weighted by Gasteiger charge is 2.26. The smallest absolute Gasteiger partial charge is 0.299 e. The van der Waals surface area contributed by atoms with Gasteiger partial charge in [0.2, 0.25) is 0 Å². The number of hydrogen-bond donors (Lipinski definition) is 0. The minimum absolute atomic E-state index is 0.154. The summed E-state index contributed by atoms with van der Waals surface area (Å²) in [6.45, 7) is 3.71. The molecule has 0 saturated heterocycles. The predicted molar refractivity (Wildman–Crippen MR) is 84.2 cm³/mol. The van der Waals surface area contributed by atoms with Crippen LogP contribution < -0.4 is 9.64 Å². The van der Waals surface area contributed by atoms with Crippen LogP contribution in [0.2, 0.25) is 0 Å². The number of carbonyl (C=O) groups is 2. The first kappa shape index (κ1) is 15.7. The molecule has 0 fully saturated rings. The van der Waals surface area contributed by atoms with E-state index in [-0.39, 0.29) is 6.04 Å². The highest BCUT2D eigenvalue weighted by Crippen LogP contribution is 2.18. The Labute approximate surface area is 129 Å². The standard InChI is InChI=1S/C17H18N2O3/c1-12(2)19(14-5-4-10-18-11-14)17(21)16(20)13-6-8-15(22-3)9-7-13/h4-12H,1-3H3. The third kappa shape index (κ3) is 3.31. The topological polar surface area (TPSA) is 59.5 Å². The zero-order valence-electron chi connectivity index (χ0n) is 12.8. The summed E-state index contributed by atoms with van der Waals surface area (Å²) < 4.78 is 5.05. The Morgan fingerprint density at radius 2 is 1.82 bits per heavy atom. The summed E-state index contributed by atoms with van der Waals surface area (Å²) in [5, 5.41) is 0. The van der Waals surface area contributed by atoms with Crippen molar-refractivity contribution in [3.8, 4) is 5.75 Å². The molecule has 0 atom stereocenters. The van der Waals surface area contributed by atoms with E-state index >= 15 is 0 Å². The summed E-state index contributed by atoms with van der Waals surface area (Å²) >= 11 is 0. The third-order valence-electron chi connectivity index (χ3n) is 3.21. The molecule has 0 bridgehead atoms. The van der Waals surface area contributed by atoms with Crippen molar-refractivity contribution in [1.29, 1.82) is 0 Å². The molecule has 0 N–H and O–H groups in total. The molecule has 0 unspecified atom stereocenters. The number of nitrogens with zero attached hydrogens (tertiary/aromatic N) is 2. The molecule has 0 aliphatic rings. The third-order valence-corrected chi connectivity index (χ3v) is 3.21. The van der Waals surface area contributed by atoms with Crippen LogP contribution >= 0.6 is 0 Å². The van der Waals surface area contributed by atoms with Crippen molar-refractivity contribution in [2.45, 2.75) is 19.9 Å².